The van der Waals surface area contributed by atoms with E-state index >= 15 is 0 Å². The summed E-state index contributed by atoms with van der Waals surface area (Å²) >= 11 is 0. The van der Waals surface area contributed by atoms with Gasteiger partial charge >= 0.3 is 6.03 Å². The number of nitriles is 1. The van der Waals surface area contributed by atoms with E-state index in [0.717, 1.165) is 31.6 Å². The second kappa shape index (κ2) is 7.33. The predicted molar refractivity (Wildman–Crippen MR) is 72.3 cm³/mol. The number of nitrogens with zero attached hydrogens (tertiary/aromatic N) is 2. The average Bonchev–Trinajstić information content (AvgIpc) is 2.39. The van der Waals surface area contributed by atoms with Crippen LogP contribution in [0.15, 0.2) is 24.3 Å². The number of rotatable bonds is 5. The third-order valence-electron chi connectivity index (χ3n) is 2.54. The molecule has 0 heterocycles. The summed E-state index contributed by atoms with van der Waals surface area (Å²) in [4.78, 5) is 13.8. The van der Waals surface area contributed by atoms with Crippen LogP contribution in [0.1, 0.15) is 32.3 Å². The molecule has 0 fully saturated rings. The Kier molecular flexibility index (Phi) is 5.72. The second-order valence-corrected chi connectivity index (χ2v) is 4.11. The van der Waals surface area contributed by atoms with Crippen molar-refractivity contribution in [2.45, 2.75) is 26.7 Å². The fourth-order valence-corrected chi connectivity index (χ4v) is 1.69. The molecule has 0 radical (unpaired) electrons. The number of benzene rings is 1. The highest BCUT2D eigenvalue weighted by Crippen LogP contribution is 2.10. The van der Waals surface area contributed by atoms with Crippen molar-refractivity contribution in [2.24, 2.45) is 0 Å². The van der Waals surface area contributed by atoms with Crippen LogP contribution in [0.4, 0.5) is 10.5 Å². The Bertz CT molecular complexity index is 414. The minimum atomic E-state index is -0.0802. The number of hydrogen-bond acceptors (Lipinski definition) is 2. The number of carbonyl (C=O) groups is 1. The first-order valence-electron chi connectivity index (χ1n) is 6.27. The molecule has 1 N–H and O–H groups in total. The van der Waals surface area contributed by atoms with Crippen LogP contribution in [0.2, 0.25) is 0 Å². The van der Waals surface area contributed by atoms with Crippen LogP contribution in [-0.4, -0.2) is 24.0 Å². The van der Waals surface area contributed by atoms with Gasteiger partial charge in [0, 0.05) is 18.8 Å². The van der Waals surface area contributed by atoms with Gasteiger partial charge in [-0.2, -0.15) is 5.26 Å². The van der Waals surface area contributed by atoms with E-state index in [1.165, 1.54) is 0 Å². The summed E-state index contributed by atoms with van der Waals surface area (Å²) in [5, 5.41) is 11.5. The van der Waals surface area contributed by atoms with Crippen LogP contribution in [0.5, 0.6) is 0 Å². The van der Waals surface area contributed by atoms with Crippen molar-refractivity contribution in [1.29, 1.82) is 5.26 Å². The standard InChI is InChI=1S/C14H19N3O/c1-3-9-17(10-4-2)14(18)16-13-7-5-12(11-15)6-8-13/h5-8H,3-4,9-10H2,1-2H3,(H,16,18). The molecule has 0 aromatic heterocycles. The van der Waals surface area contributed by atoms with E-state index in [-0.39, 0.29) is 6.03 Å². The largest absolute Gasteiger partial charge is 0.325 e. The van der Waals surface area contributed by atoms with E-state index in [9.17, 15) is 4.79 Å². The Hall–Kier alpha value is -2.02. The van der Waals surface area contributed by atoms with Gasteiger partial charge in [0.15, 0.2) is 0 Å². The van der Waals surface area contributed by atoms with Crippen molar-refractivity contribution in [2.75, 3.05) is 18.4 Å². The molecule has 0 spiro atoms. The van der Waals surface area contributed by atoms with Crippen molar-refractivity contribution in [3.8, 4) is 6.07 Å². The van der Waals surface area contributed by atoms with E-state index in [1.807, 2.05) is 6.07 Å². The third kappa shape index (κ3) is 4.10. The molecule has 4 nitrogen and oxygen atoms in total. The number of carbonyl (C=O) groups excluding carboxylic acids is 1. The van der Waals surface area contributed by atoms with Crippen molar-refractivity contribution in [1.82, 2.24) is 4.90 Å². The van der Waals surface area contributed by atoms with E-state index < -0.39 is 0 Å². The summed E-state index contributed by atoms with van der Waals surface area (Å²) in [7, 11) is 0. The van der Waals surface area contributed by atoms with E-state index in [1.54, 1.807) is 29.2 Å². The molecule has 0 atom stereocenters. The lowest BCUT2D eigenvalue weighted by atomic mass is 10.2. The molecular weight excluding hydrogens is 226 g/mol. The highest BCUT2D eigenvalue weighted by Gasteiger charge is 2.11. The zero-order valence-electron chi connectivity index (χ0n) is 10.9. The van der Waals surface area contributed by atoms with Crippen LogP contribution in [0, 0.1) is 11.3 Å². The Morgan fingerprint density at radius 2 is 1.78 bits per heavy atom. The fourth-order valence-electron chi connectivity index (χ4n) is 1.69. The monoisotopic (exact) mass is 245 g/mol. The first-order chi connectivity index (χ1) is 8.71. The third-order valence-corrected chi connectivity index (χ3v) is 2.54. The maximum atomic E-state index is 12.0. The topological polar surface area (TPSA) is 56.1 Å². The van der Waals surface area contributed by atoms with Crippen molar-refractivity contribution in [3.63, 3.8) is 0 Å². The first kappa shape index (κ1) is 14.0. The fraction of sp³-hybridized carbons (Fsp3) is 0.429. The van der Waals surface area contributed by atoms with Gasteiger partial charge in [-0.15, -0.1) is 0 Å². The minimum Gasteiger partial charge on any atom is -0.325 e. The van der Waals surface area contributed by atoms with E-state index in [0.29, 0.717) is 5.56 Å². The van der Waals surface area contributed by atoms with Gasteiger partial charge < -0.3 is 10.2 Å². The molecule has 0 bridgehead atoms. The van der Waals surface area contributed by atoms with Crippen molar-refractivity contribution in [3.05, 3.63) is 29.8 Å². The van der Waals surface area contributed by atoms with Crippen LogP contribution < -0.4 is 5.32 Å². The van der Waals surface area contributed by atoms with Gasteiger partial charge in [0.05, 0.1) is 11.6 Å². The summed E-state index contributed by atoms with van der Waals surface area (Å²) in [6, 6.07) is 8.84. The molecule has 0 aliphatic rings. The van der Waals surface area contributed by atoms with Crippen LogP contribution in [0.3, 0.4) is 0 Å². The van der Waals surface area contributed by atoms with Gasteiger partial charge in [-0.05, 0) is 37.1 Å². The van der Waals surface area contributed by atoms with Gasteiger partial charge in [0.2, 0.25) is 0 Å². The van der Waals surface area contributed by atoms with E-state index in [2.05, 4.69) is 19.2 Å². The summed E-state index contributed by atoms with van der Waals surface area (Å²) in [6.07, 6.45) is 1.89. The van der Waals surface area contributed by atoms with Crippen molar-refractivity contribution >= 4 is 11.7 Å². The van der Waals surface area contributed by atoms with Crippen molar-refractivity contribution < 1.29 is 4.79 Å². The molecule has 0 aliphatic heterocycles. The van der Waals surface area contributed by atoms with Crippen LogP contribution in [0.25, 0.3) is 0 Å². The average molecular weight is 245 g/mol. The maximum Gasteiger partial charge on any atom is 0.321 e. The molecule has 0 saturated heterocycles. The Labute approximate surface area is 108 Å². The number of urea groups is 1. The highest BCUT2D eigenvalue weighted by molar-refractivity contribution is 5.89. The number of nitrogens with one attached hydrogen (secondary N) is 1. The highest BCUT2D eigenvalue weighted by atomic mass is 16.2. The summed E-state index contributed by atoms with van der Waals surface area (Å²) < 4.78 is 0. The van der Waals surface area contributed by atoms with E-state index in [4.69, 9.17) is 5.26 Å². The SMILES string of the molecule is CCCN(CCC)C(=O)Nc1ccc(C#N)cc1. The Balaban J connectivity index is 2.63. The normalized spacial score (nSPS) is 9.61. The van der Waals surface area contributed by atoms with Crippen LogP contribution >= 0.6 is 0 Å². The second-order valence-electron chi connectivity index (χ2n) is 4.11. The van der Waals surface area contributed by atoms with Gasteiger partial charge in [-0.25, -0.2) is 4.79 Å². The lowest BCUT2D eigenvalue weighted by molar-refractivity contribution is 0.211. The number of amides is 2. The predicted octanol–water partition coefficient (Wildman–Crippen LogP) is 3.21. The molecular formula is C14H19N3O. The molecule has 2 amide bonds. The molecule has 1 aromatic carbocycles. The first-order valence-corrected chi connectivity index (χ1v) is 6.27. The van der Waals surface area contributed by atoms with Gasteiger partial charge in [0.1, 0.15) is 0 Å². The maximum absolute atomic E-state index is 12.0. The summed E-state index contributed by atoms with van der Waals surface area (Å²) in [5.74, 6) is 0. The lowest BCUT2D eigenvalue weighted by Crippen LogP contribution is -2.36. The van der Waals surface area contributed by atoms with Gasteiger partial charge in [-0.1, -0.05) is 13.8 Å². The quantitative estimate of drug-likeness (QED) is 0.866. The zero-order chi connectivity index (χ0) is 13.4. The summed E-state index contributed by atoms with van der Waals surface area (Å²) in [5.41, 5.74) is 1.31. The minimum absolute atomic E-state index is 0.0802. The molecule has 0 saturated carbocycles. The van der Waals surface area contributed by atoms with Gasteiger partial charge in [-0.3, -0.25) is 0 Å². The Morgan fingerprint density at radius 3 is 2.22 bits per heavy atom. The molecule has 0 unspecified atom stereocenters. The van der Waals surface area contributed by atoms with Gasteiger partial charge in [0.25, 0.3) is 0 Å². The molecule has 96 valence electrons. The lowest BCUT2D eigenvalue weighted by Gasteiger charge is -2.21. The molecule has 4 heteroatoms. The molecule has 1 rings (SSSR count). The number of hydrogen-bond donors (Lipinski definition) is 1. The van der Waals surface area contributed by atoms with Crippen LogP contribution in [-0.2, 0) is 0 Å². The number of anilines is 1. The smallest absolute Gasteiger partial charge is 0.321 e. The summed E-state index contributed by atoms with van der Waals surface area (Å²) in [6.45, 7) is 5.63. The zero-order valence-corrected chi connectivity index (χ0v) is 10.9. The molecule has 1 aromatic rings. The Morgan fingerprint density at radius 1 is 1.22 bits per heavy atom. The molecule has 18 heavy (non-hydrogen) atoms. The molecule has 0 aliphatic carbocycles.